The lowest BCUT2D eigenvalue weighted by atomic mass is 9.39. The van der Waals surface area contributed by atoms with Crippen molar-refractivity contribution in [3.63, 3.8) is 0 Å². The van der Waals surface area contributed by atoms with E-state index in [0.29, 0.717) is 16.2 Å². The third kappa shape index (κ3) is 3.37. The van der Waals surface area contributed by atoms with E-state index in [4.69, 9.17) is 14.6 Å². The molecule has 0 amide bonds. The Morgan fingerprint density at radius 3 is 2.35 bits per heavy atom. The Morgan fingerprint density at radius 2 is 1.77 bits per heavy atom. The molecule has 2 atom stereocenters. The van der Waals surface area contributed by atoms with E-state index >= 15 is 0 Å². The minimum Gasteiger partial charge on any atom is -0.379 e. The minimum atomic E-state index is 0.0452. The summed E-state index contributed by atoms with van der Waals surface area (Å²) in [5, 5.41) is 4.69. The van der Waals surface area contributed by atoms with Crippen LogP contribution in [0, 0.1) is 26.7 Å². The van der Waals surface area contributed by atoms with Crippen LogP contribution in [0.1, 0.15) is 65.0 Å². The lowest BCUT2D eigenvalue weighted by Crippen LogP contribution is -2.64. The molecule has 2 unspecified atom stereocenters. The standard InChI is InChI=1S/C21H33IN2O2/c1-5-25-6-7-26-21-12-18(3)9-19(4,13-21)11-20(10-18,14-21)15-24-16(2)17(22)8-23-24/h8H,5-7,9-15H2,1-4H3. The van der Waals surface area contributed by atoms with Gasteiger partial charge in [-0.15, -0.1) is 0 Å². The molecule has 0 saturated heterocycles. The van der Waals surface area contributed by atoms with Gasteiger partial charge in [-0.1, -0.05) is 13.8 Å². The molecule has 1 heterocycles. The molecule has 0 aromatic carbocycles. The average Bonchev–Trinajstić information content (AvgIpc) is 2.80. The van der Waals surface area contributed by atoms with Gasteiger partial charge in [0.1, 0.15) is 0 Å². The van der Waals surface area contributed by atoms with Crippen molar-refractivity contribution in [1.82, 2.24) is 9.78 Å². The number of nitrogens with zero attached hydrogens (tertiary/aromatic N) is 2. The summed E-state index contributed by atoms with van der Waals surface area (Å²) in [7, 11) is 0. The summed E-state index contributed by atoms with van der Waals surface area (Å²) in [6.45, 7) is 12.5. The number of hydrogen-bond donors (Lipinski definition) is 0. The van der Waals surface area contributed by atoms with Gasteiger partial charge in [-0.05, 0) is 91.2 Å². The molecule has 4 saturated carbocycles. The average molecular weight is 472 g/mol. The first kappa shape index (κ1) is 19.2. The highest BCUT2D eigenvalue weighted by atomic mass is 127. The first-order chi connectivity index (χ1) is 12.2. The van der Waals surface area contributed by atoms with Crippen LogP contribution in [0.25, 0.3) is 0 Å². The summed E-state index contributed by atoms with van der Waals surface area (Å²) < 4.78 is 15.7. The van der Waals surface area contributed by atoms with Crippen molar-refractivity contribution in [3.8, 4) is 0 Å². The third-order valence-electron chi connectivity index (χ3n) is 7.02. The molecule has 146 valence electrons. The molecule has 4 bridgehead atoms. The fourth-order valence-corrected chi connectivity index (χ4v) is 7.92. The second kappa shape index (κ2) is 6.45. The summed E-state index contributed by atoms with van der Waals surface area (Å²) >= 11 is 2.40. The summed E-state index contributed by atoms with van der Waals surface area (Å²) in [5.74, 6) is 0. The predicted molar refractivity (Wildman–Crippen MR) is 111 cm³/mol. The first-order valence-electron chi connectivity index (χ1n) is 10.1. The largest absolute Gasteiger partial charge is 0.379 e. The second-order valence-corrected chi connectivity index (χ2v) is 11.3. The Balaban J connectivity index is 1.60. The van der Waals surface area contributed by atoms with E-state index in [2.05, 4.69) is 55.0 Å². The molecule has 26 heavy (non-hydrogen) atoms. The smallest absolute Gasteiger partial charge is 0.0708 e. The van der Waals surface area contributed by atoms with Crippen LogP contribution in [-0.2, 0) is 16.0 Å². The normalized spacial score (nSPS) is 41.1. The molecule has 4 fully saturated rings. The highest BCUT2D eigenvalue weighted by molar-refractivity contribution is 14.1. The van der Waals surface area contributed by atoms with Gasteiger partial charge >= 0.3 is 0 Å². The Kier molecular flexibility index (Phi) is 4.76. The van der Waals surface area contributed by atoms with Crippen LogP contribution >= 0.6 is 22.6 Å². The molecule has 4 nitrogen and oxygen atoms in total. The van der Waals surface area contributed by atoms with Gasteiger partial charge in [0.2, 0.25) is 0 Å². The van der Waals surface area contributed by atoms with E-state index in [1.807, 2.05) is 6.20 Å². The Hall–Kier alpha value is -0.140. The van der Waals surface area contributed by atoms with E-state index in [9.17, 15) is 0 Å². The van der Waals surface area contributed by atoms with Crippen molar-refractivity contribution < 1.29 is 9.47 Å². The molecule has 0 N–H and O–H groups in total. The maximum atomic E-state index is 6.62. The molecule has 0 spiro atoms. The van der Waals surface area contributed by atoms with E-state index < -0.39 is 0 Å². The van der Waals surface area contributed by atoms with Gasteiger partial charge < -0.3 is 9.47 Å². The van der Waals surface area contributed by atoms with E-state index in [1.165, 1.54) is 47.8 Å². The second-order valence-electron chi connectivity index (χ2n) is 10.1. The van der Waals surface area contributed by atoms with E-state index in [-0.39, 0.29) is 5.60 Å². The molecule has 5 heteroatoms. The molecule has 1 aromatic heterocycles. The summed E-state index contributed by atoms with van der Waals surface area (Å²) in [6, 6.07) is 0. The molecular formula is C21H33IN2O2. The topological polar surface area (TPSA) is 36.3 Å². The highest BCUT2D eigenvalue weighted by Gasteiger charge is 2.66. The van der Waals surface area contributed by atoms with Crippen LogP contribution in [0.3, 0.4) is 0 Å². The zero-order valence-electron chi connectivity index (χ0n) is 16.7. The maximum Gasteiger partial charge on any atom is 0.0708 e. The van der Waals surface area contributed by atoms with Crippen LogP contribution in [0.15, 0.2) is 6.20 Å². The monoisotopic (exact) mass is 472 g/mol. The molecule has 1 aromatic rings. The Morgan fingerprint density at radius 1 is 1.08 bits per heavy atom. The van der Waals surface area contributed by atoms with Crippen molar-refractivity contribution in [1.29, 1.82) is 0 Å². The maximum absolute atomic E-state index is 6.62. The van der Waals surface area contributed by atoms with Crippen LogP contribution in [0.2, 0.25) is 0 Å². The van der Waals surface area contributed by atoms with Crippen molar-refractivity contribution in [2.75, 3.05) is 19.8 Å². The van der Waals surface area contributed by atoms with Crippen molar-refractivity contribution in [2.24, 2.45) is 16.2 Å². The predicted octanol–water partition coefficient (Wildman–Crippen LogP) is 4.97. The Bertz CT molecular complexity index is 668. The lowest BCUT2D eigenvalue weighted by molar-refractivity contribution is -0.250. The lowest BCUT2D eigenvalue weighted by Gasteiger charge is -2.69. The fourth-order valence-electron chi connectivity index (χ4n) is 7.51. The molecular weight excluding hydrogens is 439 g/mol. The van der Waals surface area contributed by atoms with Gasteiger partial charge in [-0.3, -0.25) is 4.68 Å². The minimum absolute atomic E-state index is 0.0452. The third-order valence-corrected chi connectivity index (χ3v) is 8.08. The van der Waals surface area contributed by atoms with Gasteiger partial charge in [-0.25, -0.2) is 0 Å². The van der Waals surface area contributed by atoms with Crippen LogP contribution in [0.5, 0.6) is 0 Å². The summed E-state index contributed by atoms with van der Waals surface area (Å²) in [5.41, 5.74) is 2.49. The van der Waals surface area contributed by atoms with Crippen molar-refractivity contribution in [3.05, 3.63) is 15.5 Å². The SMILES string of the molecule is CCOCCOC12CC3(C)CC(C)(CC(Cn4ncc(I)c4C)(C3)C1)C2. The van der Waals surface area contributed by atoms with E-state index in [0.717, 1.165) is 26.4 Å². The van der Waals surface area contributed by atoms with Crippen LogP contribution in [0.4, 0.5) is 0 Å². The van der Waals surface area contributed by atoms with Gasteiger partial charge in [-0.2, -0.15) is 5.10 Å². The number of rotatable bonds is 7. The number of ether oxygens (including phenoxy) is 2. The number of hydrogen-bond acceptors (Lipinski definition) is 3. The summed E-state index contributed by atoms with van der Waals surface area (Å²) in [4.78, 5) is 0. The fraction of sp³-hybridized carbons (Fsp3) is 0.857. The number of aromatic nitrogens is 2. The molecule has 5 rings (SSSR count). The molecule has 0 radical (unpaired) electrons. The van der Waals surface area contributed by atoms with Gasteiger partial charge in [0.05, 0.1) is 28.6 Å². The zero-order chi connectivity index (χ0) is 18.6. The van der Waals surface area contributed by atoms with E-state index in [1.54, 1.807) is 0 Å². The van der Waals surface area contributed by atoms with Crippen LogP contribution in [-0.4, -0.2) is 35.2 Å². The molecule has 0 aliphatic heterocycles. The van der Waals surface area contributed by atoms with Gasteiger partial charge in [0.25, 0.3) is 0 Å². The summed E-state index contributed by atoms with van der Waals surface area (Å²) in [6.07, 6.45) is 9.64. The van der Waals surface area contributed by atoms with Crippen LogP contribution < -0.4 is 0 Å². The quantitative estimate of drug-likeness (QED) is 0.416. The Labute approximate surface area is 171 Å². The van der Waals surface area contributed by atoms with Gasteiger partial charge in [0, 0.05) is 18.8 Å². The van der Waals surface area contributed by atoms with Crippen molar-refractivity contribution >= 4 is 22.6 Å². The highest BCUT2D eigenvalue weighted by Crippen LogP contribution is 2.72. The van der Waals surface area contributed by atoms with Crippen molar-refractivity contribution in [2.45, 2.75) is 78.4 Å². The zero-order valence-corrected chi connectivity index (χ0v) is 18.9. The number of halogens is 1. The molecule has 4 aliphatic carbocycles. The first-order valence-corrected chi connectivity index (χ1v) is 11.2. The molecule has 4 aliphatic rings. The van der Waals surface area contributed by atoms with Gasteiger partial charge in [0.15, 0.2) is 0 Å².